The number of ether oxygens (including phenoxy) is 2. The Bertz CT molecular complexity index is 1010. The van der Waals surface area contributed by atoms with E-state index >= 15 is 0 Å². The summed E-state index contributed by atoms with van der Waals surface area (Å²) in [5, 5.41) is 12.1. The SMILES string of the molecule is N#CC1(NC(=O)COC(=O)C(=Cc2ccc(OC(F)F)cc2)c2ccccc2)CCCC1. The molecule has 0 radical (unpaired) electrons. The molecule has 0 aromatic heterocycles. The van der Waals surface area contributed by atoms with Crippen molar-refractivity contribution >= 4 is 23.5 Å². The van der Waals surface area contributed by atoms with Gasteiger partial charge in [-0.15, -0.1) is 0 Å². The molecule has 0 heterocycles. The molecule has 0 atom stereocenters. The Morgan fingerprint density at radius 2 is 1.75 bits per heavy atom. The summed E-state index contributed by atoms with van der Waals surface area (Å²) in [5.41, 5.74) is 0.414. The Morgan fingerprint density at radius 1 is 1.09 bits per heavy atom. The van der Waals surface area contributed by atoms with Crippen molar-refractivity contribution < 1.29 is 27.8 Å². The number of carbonyl (C=O) groups is 2. The van der Waals surface area contributed by atoms with Crippen LogP contribution >= 0.6 is 0 Å². The van der Waals surface area contributed by atoms with Gasteiger partial charge in [-0.25, -0.2) is 4.79 Å². The number of amides is 1. The lowest BCUT2D eigenvalue weighted by Crippen LogP contribution is -2.46. The maximum atomic E-state index is 12.8. The second kappa shape index (κ2) is 10.5. The third kappa shape index (κ3) is 6.14. The van der Waals surface area contributed by atoms with Crippen molar-refractivity contribution in [2.24, 2.45) is 0 Å². The lowest BCUT2D eigenvalue weighted by Gasteiger charge is -2.21. The number of nitrogens with zero attached hydrogens (tertiary/aromatic N) is 1. The van der Waals surface area contributed by atoms with Crippen molar-refractivity contribution in [3.05, 3.63) is 65.7 Å². The van der Waals surface area contributed by atoms with Crippen molar-refractivity contribution in [2.75, 3.05) is 6.61 Å². The number of nitrogens with one attached hydrogen (secondary N) is 1. The molecule has 0 unspecified atom stereocenters. The van der Waals surface area contributed by atoms with E-state index in [4.69, 9.17) is 4.74 Å². The highest BCUT2D eigenvalue weighted by atomic mass is 19.3. The maximum Gasteiger partial charge on any atom is 0.387 e. The summed E-state index contributed by atoms with van der Waals surface area (Å²) in [6.07, 6.45) is 4.40. The minimum atomic E-state index is -2.93. The number of rotatable bonds is 8. The average molecular weight is 440 g/mol. The first kappa shape index (κ1) is 22.9. The van der Waals surface area contributed by atoms with Crippen LogP contribution in [0.25, 0.3) is 11.6 Å². The van der Waals surface area contributed by atoms with Gasteiger partial charge in [-0.05, 0) is 55.0 Å². The molecule has 32 heavy (non-hydrogen) atoms. The van der Waals surface area contributed by atoms with Gasteiger partial charge in [0.1, 0.15) is 11.3 Å². The zero-order chi connectivity index (χ0) is 23.0. The molecule has 2 aromatic carbocycles. The van der Waals surface area contributed by atoms with Gasteiger partial charge < -0.3 is 14.8 Å². The zero-order valence-corrected chi connectivity index (χ0v) is 17.2. The largest absolute Gasteiger partial charge is 0.452 e. The fraction of sp³-hybridized carbons (Fsp3) is 0.292. The van der Waals surface area contributed by atoms with E-state index in [0.29, 0.717) is 24.0 Å². The lowest BCUT2D eigenvalue weighted by atomic mass is 10.00. The molecule has 2 aromatic rings. The molecule has 1 saturated carbocycles. The number of hydrogen-bond donors (Lipinski definition) is 1. The predicted octanol–water partition coefficient (Wildman–Crippen LogP) is 4.32. The lowest BCUT2D eigenvalue weighted by molar-refractivity contribution is -0.143. The highest BCUT2D eigenvalue weighted by Gasteiger charge is 2.35. The van der Waals surface area contributed by atoms with Crippen molar-refractivity contribution in [3.63, 3.8) is 0 Å². The molecule has 0 saturated heterocycles. The van der Waals surface area contributed by atoms with Crippen LogP contribution in [0.3, 0.4) is 0 Å². The number of carbonyl (C=O) groups excluding carboxylic acids is 2. The summed E-state index contributed by atoms with van der Waals surface area (Å²) < 4.78 is 34.2. The quantitative estimate of drug-likeness (QED) is 0.375. The molecule has 0 spiro atoms. The highest BCUT2D eigenvalue weighted by Crippen LogP contribution is 2.29. The molecule has 3 rings (SSSR count). The van der Waals surface area contributed by atoms with Crippen molar-refractivity contribution in [3.8, 4) is 11.8 Å². The maximum absolute atomic E-state index is 12.8. The Kier molecular flexibility index (Phi) is 7.55. The van der Waals surface area contributed by atoms with Crippen molar-refractivity contribution in [1.29, 1.82) is 5.26 Å². The van der Waals surface area contributed by atoms with Gasteiger partial charge in [0.05, 0.1) is 11.6 Å². The first-order valence-corrected chi connectivity index (χ1v) is 10.1. The molecular weight excluding hydrogens is 418 g/mol. The van der Waals surface area contributed by atoms with E-state index in [1.165, 1.54) is 30.3 Å². The van der Waals surface area contributed by atoms with Crippen molar-refractivity contribution in [1.82, 2.24) is 5.32 Å². The summed E-state index contributed by atoms with van der Waals surface area (Å²) in [6, 6.07) is 16.6. The normalized spacial score (nSPS) is 15.1. The molecule has 1 N–H and O–H groups in total. The molecule has 0 bridgehead atoms. The zero-order valence-electron chi connectivity index (χ0n) is 17.2. The van der Waals surface area contributed by atoms with E-state index in [-0.39, 0.29) is 11.3 Å². The minimum Gasteiger partial charge on any atom is -0.452 e. The monoisotopic (exact) mass is 440 g/mol. The first-order valence-electron chi connectivity index (χ1n) is 10.1. The van der Waals surface area contributed by atoms with Gasteiger partial charge in [0.2, 0.25) is 0 Å². The van der Waals surface area contributed by atoms with Crippen LogP contribution in [-0.2, 0) is 14.3 Å². The number of alkyl halides is 2. The van der Waals surface area contributed by atoms with Crippen molar-refractivity contribution in [2.45, 2.75) is 37.8 Å². The summed E-state index contributed by atoms with van der Waals surface area (Å²) in [7, 11) is 0. The summed E-state index contributed by atoms with van der Waals surface area (Å²) in [4.78, 5) is 25.1. The van der Waals surface area contributed by atoms with Gasteiger partial charge in [-0.3, -0.25) is 4.79 Å². The van der Waals surface area contributed by atoms with E-state index in [2.05, 4.69) is 16.1 Å². The van der Waals surface area contributed by atoms with Gasteiger partial charge in [-0.1, -0.05) is 42.5 Å². The Labute approximate surface area is 184 Å². The van der Waals surface area contributed by atoms with Gasteiger partial charge in [0.15, 0.2) is 6.61 Å². The Balaban J connectivity index is 1.73. The standard InChI is InChI=1S/C24H22F2N2O4/c25-23(26)32-19-10-8-17(9-11-19)14-20(18-6-2-1-3-7-18)22(30)31-15-21(29)28-24(16-27)12-4-5-13-24/h1-3,6-11,14,23H,4-5,12-13,15H2,(H,28,29). The topological polar surface area (TPSA) is 88.4 Å². The van der Waals surface area contributed by atoms with Crippen LogP contribution in [0.5, 0.6) is 5.75 Å². The molecule has 6 nitrogen and oxygen atoms in total. The molecule has 166 valence electrons. The third-order valence-electron chi connectivity index (χ3n) is 5.11. The number of benzene rings is 2. The smallest absolute Gasteiger partial charge is 0.387 e. The Hall–Kier alpha value is -3.73. The summed E-state index contributed by atoms with van der Waals surface area (Å²) in [5.74, 6) is -1.27. The van der Waals surface area contributed by atoms with Crippen LogP contribution in [0.2, 0.25) is 0 Å². The van der Waals surface area contributed by atoms with Gasteiger partial charge in [0, 0.05) is 0 Å². The minimum absolute atomic E-state index is 0.00371. The van der Waals surface area contributed by atoms with Crippen LogP contribution in [0.15, 0.2) is 54.6 Å². The fourth-order valence-electron chi connectivity index (χ4n) is 3.55. The van der Waals surface area contributed by atoms with E-state index < -0.39 is 30.6 Å². The molecule has 1 fully saturated rings. The molecule has 8 heteroatoms. The number of halogens is 2. The van der Waals surface area contributed by atoms with E-state index in [0.717, 1.165) is 12.8 Å². The van der Waals surface area contributed by atoms with Crippen LogP contribution in [0.1, 0.15) is 36.8 Å². The van der Waals surface area contributed by atoms with Crippen LogP contribution < -0.4 is 10.1 Å². The Morgan fingerprint density at radius 3 is 2.34 bits per heavy atom. The first-order chi connectivity index (χ1) is 15.4. The van der Waals surface area contributed by atoms with Crippen LogP contribution in [-0.4, -0.2) is 30.6 Å². The van der Waals surface area contributed by atoms with Crippen LogP contribution in [0, 0.1) is 11.3 Å². The van der Waals surface area contributed by atoms with Gasteiger partial charge >= 0.3 is 12.6 Å². The second-order valence-corrected chi connectivity index (χ2v) is 7.40. The van der Waals surface area contributed by atoms with Crippen LogP contribution in [0.4, 0.5) is 8.78 Å². The molecule has 0 aliphatic heterocycles. The number of nitriles is 1. The molecular formula is C24H22F2N2O4. The van der Waals surface area contributed by atoms with Gasteiger partial charge in [0.25, 0.3) is 5.91 Å². The number of hydrogen-bond acceptors (Lipinski definition) is 5. The summed E-state index contributed by atoms with van der Waals surface area (Å²) >= 11 is 0. The van der Waals surface area contributed by atoms with E-state index in [1.54, 1.807) is 30.3 Å². The highest BCUT2D eigenvalue weighted by molar-refractivity contribution is 6.21. The predicted molar refractivity (Wildman–Crippen MR) is 113 cm³/mol. The number of esters is 1. The molecule has 1 amide bonds. The average Bonchev–Trinajstić information content (AvgIpc) is 3.26. The molecule has 1 aliphatic carbocycles. The van der Waals surface area contributed by atoms with E-state index in [9.17, 15) is 23.6 Å². The summed E-state index contributed by atoms with van der Waals surface area (Å²) in [6.45, 7) is -3.45. The molecule has 1 aliphatic rings. The fourth-order valence-corrected chi connectivity index (χ4v) is 3.55. The van der Waals surface area contributed by atoms with E-state index in [1.807, 2.05) is 0 Å². The second-order valence-electron chi connectivity index (χ2n) is 7.40. The van der Waals surface area contributed by atoms with Gasteiger partial charge in [-0.2, -0.15) is 14.0 Å². The third-order valence-corrected chi connectivity index (χ3v) is 5.11.